The van der Waals surface area contributed by atoms with Gasteiger partial charge in [-0.25, -0.2) is 0 Å². The first-order valence-electron chi connectivity index (χ1n) is 8.15. The smallest absolute Gasteiger partial charge is 0.311 e. The molecule has 5 nitrogen and oxygen atoms in total. The molecule has 0 rings (SSSR count). The zero-order valence-electron chi connectivity index (χ0n) is 14.9. The van der Waals surface area contributed by atoms with Gasteiger partial charge in [0.25, 0.3) is 0 Å². The molecule has 2 atom stereocenters. The van der Waals surface area contributed by atoms with Crippen LogP contribution >= 0.6 is 0 Å². The Morgan fingerprint density at radius 3 is 2.27 bits per heavy atom. The Labute approximate surface area is 134 Å². The average molecular weight is 316 g/mol. The molecule has 0 spiro atoms. The van der Waals surface area contributed by atoms with Crippen LogP contribution in [0.5, 0.6) is 0 Å². The van der Waals surface area contributed by atoms with Crippen molar-refractivity contribution in [2.75, 3.05) is 20.3 Å². The van der Waals surface area contributed by atoms with E-state index in [0.29, 0.717) is 19.4 Å². The Balaban J connectivity index is 4.49. The summed E-state index contributed by atoms with van der Waals surface area (Å²) in [5.41, 5.74) is -0.724. The minimum Gasteiger partial charge on any atom is -0.465 e. The summed E-state index contributed by atoms with van der Waals surface area (Å²) in [5, 5.41) is 0. The van der Waals surface area contributed by atoms with Gasteiger partial charge in [-0.3, -0.25) is 9.59 Å². The zero-order chi connectivity index (χ0) is 17.2. The molecule has 22 heavy (non-hydrogen) atoms. The first-order valence-corrected chi connectivity index (χ1v) is 8.15. The summed E-state index contributed by atoms with van der Waals surface area (Å²) < 4.78 is 15.6. The fourth-order valence-corrected chi connectivity index (χ4v) is 1.99. The molecule has 0 radical (unpaired) electrons. The lowest BCUT2D eigenvalue weighted by atomic mass is 9.81. The van der Waals surface area contributed by atoms with Crippen LogP contribution in [0.4, 0.5) is 0 Å². The van der Waals surface area contributed by atoms with Gasteiger partial charge in [0.15, 0.2) is 0 Å². The number of hydrogen-bond donors (Lipinski definition) is 0. The van der Waals surface area contributed by atoms with E-state index in [4.69, 9.17) is 14.2 Å². The van der Waals surface area contributed by atoms with Crippen LogP contribution in [0.25, 0.3) is 0 Å². The number of methoxy groups -OCH3 is 1. The Morgan fingerprint density at radius 2 is 1.77 bits per heavy atom. The zero-order valence-corrected chi connectivity index (χ0v) is 14.9. The van der Waals surface area contributed by atoms with Gasteiger partial charge in [-0.2, -0.15) is 0 Å². The van der Waals surface area contributed by atoms with Crippen molar-refractivity contribution in [1.82, 2.24) is 0 Å². The van der Waals surface area contributed by atoms with Crippen molar-refractivity contribution in [3.8, 4) is 0 Å². The minimum atomic E-state index is -0.724. The molecule has 0 aliphatic heterocycles. The highest BCUT2D eigenvalue weighted by Gasteiger charge is 2.35. The third kappa shape index (κ3) is 7.78. The predicted molar refractivity (Wildman–Crippen MR) is 85.5 cm³/mol. The van der Waals surface area contributed by atoms with E-state index >= 15 is 0 Å². The number of ether oxygens (including phenoxy) is 3. The molecule has 0 bridgehead atoms. The van der Waals surface area contributed by atoms with Gasteiger partial charge < -0.3 is 14.2 Å². The van der Waals surface area contributed by atoms with E-state index < -0.39 is 5.41 Å². The lowest BCUT2D eigenvalue weighted by Crippen LogP contribution is -2.33. The number of carbonyl (C=O) groups excluding carboxylic acids is 2. The van der Waals surface area contributed by atoms with Crippen molar-refractivity contribution in [3.63, 3.8) is 0 Å². The first kappa shape index (κ1) is 20.9. The standard InChI is InChI=1S/C17H32O5/c1-7-9-10-21-15(18)14(8-2)11-17(4,5)16(19)22-12-13(3)20-6/h13-14H,7-12H2,1-6H3. The Kier molecular flexibility index (Phi) is 10.1. The van der Waals surface area contributed by atoms with Crippen LogP contribution in [0.2, 0.25) is 0 Å². The third-order valence-corrected chi connectivity index (χ3v) is 3.73. The number of carbonyl (C=O) groups is 2. The maximum Gasteiger partial charge on any atom is 0.311 e. The number of esters is 2. The van der Waals surface area contributed by atoms with Gasteiger partial charge in [0.05, 0.1) is 24.0 Å². The molecule has 0 N–H and O–H groups in total. The molecular weight excluding hydrogens is 284 g/mol. The van der Waals surface area contributed by atoms with Crippen LogP contribution < -0.4 is 0 Å². The number of hydrogen-bond acceptors (Lipinski definition) is 5. The molecule has 0 saturated heterocycles. The van der Waals surface area contributed by atoms with Gasteiger partial charge in [-0.15, -0.1) is 0 Å². The average Bonchev–Trinajstić information content (AvgIpc) is 2.49. The monoisotopic (exact) mass is 316 g/mol. The van der Waals surface area contributed by atoms with Crippen molar-refractivity contribution < 1.29 is 23.8 Å². The van der Waals surface area contributed by atoms with Gasteiger partial charge in [-0.1, -0.05) is 20.3 Å². The van der Waals surface area contributed by atoms with Crippen LogP contribution in [-0.2, 0) is 23.8 Å². The van der Waals surface area contributed by atoms with Crippen LogP contribution in [0.15, 0.2) is 0 Å². The van der Waals surface area contributed by atoms with E-state index in [2.05, 4.69) is 0 Å². The predicted octanol–water partition coefficient (Wildman–Crippen LogP) is 3.35. The van der Waals surface area contributed by atoms with Crippen molar-refractivity contribution in [2.24, 2.45) is 11.3 Å². The Hall–Kier alpha value is -1.10. The molecule has 0 aromatic carbocycles. The molecule has 2 unspecified atom stereocenters. The quantitative estimate of drug-likeness (QED) is 0.432. The molecule has 0 aromatic heterocycles. The van der Waals surface area contributed by atoms with Crippen LogP contribution in [0, 0.1) is 11.3 Å². The van der Waals surface area contributed by atoms with Gasteiger partial charge in [0.1, 0.15) is 6.61 Å². The van der Waals surface area contributed by atoms with Gasteiger partial charge in [-0.05, 0) is 40.0 Å². The van der Waals surface area contributed by atoms with Crippen LogP contribution in [-0.4, -0.2) is 38.4 Å². The van der Waals surface area contributed by atoms with E-state index in [1.807, 2.05) is 20.8 Å². The second kappa shape index (κ2) is 10.6. The maximum absolute atomic E-state index is 12.2. The topological polar surface area (TPSA) is 61.8 Å². The second-order valence-corrected chi connectivity index (χ2v) is 6.36. The van der Waals surface area contributed by atoms with E-state index in [9.17, 15) is 9.59 Å². The summed E-state index contributed by atoms with van der Waals surface area (Å²) in [7, 11) is 1.57. The molecule has 130 valence electrons. The van der Waals surface area contributed by atoms with Gasteiger partial charge >= 0.3 is 11.9 Å². The molecule has 0 aromatic rings. The third-order valence-electron chi connectivity index (χ3n) is 3.73. The summed E-state index contributed by atoms with van der Waals surface area (Å²) in [4.78, 5) is 24.3. The van der Waals surface area contributed by atoms with Gasteiger partial charge in [0.2, 0.25) is 0 Å². The summed E-state index contributed by atoms with van der Waals surface area (Å²) in [5.74, 6) is -0.808. The molecule has 0 aliphatic carbocycles. The highest BCUT2D eigenvalue weighted by atomic mass is 16.6. The SMILES string of the molecule is CCCCOC(=O)C(CC)CC(C)(C)C(=O)OCC(C)OC. The molecule has 0 heterocycles. The van der Waals surface area contributed by atoms with E-state index in [1.165, 1.54) is 0 Å². The molecule has 5 heteroatoms. The highest BCUT2D eigenvalue weighted by Crippen LogP contribution is 2.29. The fraction of sp³-hybridized carbons (Fsp3) is 0.882. The fourth-order valence-electron chi connectivity index (χ4n) is 1.99. The Bertz CT molecular complexity index is 338. The summed E-state index contributed by atoms with van der Waals surface area (Å²) >= 11 is 0. The lowest BCUT2D eigenvalue weighted by Gasteiger charge is -2.27. The number of unbranched alkanes of at least 4 members (excludes halogenated alkanes) is 1. The summed E-state index contributed by atoms with van der Waals surface area (Å²) in [6.45, 7) is 10.1. The van der Waals surface area contributed by atoms with Crippen molar-refractivity contribution in [2.45, 2.75) is 66.4 Å². The van der Waals surface area contributed by atoms with Crippen LogP contribution in [0.1, 0.15) is 60.3 Å². The number of rotatable bonds is 11. The minimum absolute atomic E-state index is 0.138. The van der Waals surface area contributed by atoms with E-state index in [0.717, 1.165) is 12.8 Å². The molecule has 0 fully saturated rings. The normalized spacial score (nSPS) is 14.3. The second-order valence-electron chi connectivity index (χ2n) is 6.36. The van der Waals surface area contributed by atoms with Gasteiger partial charge in [0, 0.05) is 7.11 Å². The first-order chi connectivity index (χ1) is 10.3. The highest BCUT2D eigenvalue weighted by molar-refractivity contribution is 5.78. The molecule has 0 saturated carbocycles. The van der Waals surface area contributed by atoms with Crippen molar-refractivity contribution in [1.29, 1.82) is 0 Å². The molecule has 0 amide bonds. The van der Waals surface area contributed by atoms with Crippen LogP contribution in [0.3, 0.4) is 0 Å². The van der Waals surface area contributed by atoms with E-state index in [1.54, 1.807) is 21.0 Å². The summed E-state index contributed by atoms with van der Waals surface area (Å²) in [6.07, 6.45) is 2.79. The molecule has 0 aliphatic rings. The summed E-state index contributed by atoms with van der Waals surface area (Å²) in [6, 6.07) is 0. The van der Waals surface area contributed by atoms with Crippen molar-refractivity contribution >= 4 is 11.9 Å². The lowest BCUT2D eigenvalue weighted by molar-refractivity contribution is -0.160. The maximum atomic E-state index is 12.2. The largest absolute Gasteiger partial charge is 0.465 e. The Morgan fingerprint density at radius 1 is 1.14 bits per heavy atom. The van der Waals surface area contributed by atoms with Crippen molar-refractivity contribution in [3.05, 3.63) is 0 Å². The molecular formula is C17H32O5. The van der Waals surface area contributed by atoms with E-state index in [-0.39, 0.29) is 30.6 Å².